The van der Waals surface area contributed by atoms with Gasteiger partial charge in [-0.15, -0.1) is 0 Å². The zero-order valence-electron chi connectivity index (χ0n) is 13.8. The lowest BCUT2D eigenvalue weighted by atomic mass is 10.1. The number of carbonyl (C=O) groups is 1. The van der Waals surface area contributed by atoms with E-state index in [1.54, 1.807) is 12.4 Å². The number of hydrogen-bond donors (Lipinski definition) is 1. The van der Waals surface area contributed by atoms with Crippen LogP contribution in [0, 0.1) is 0 Å². The minimum atomic E-state index is 0.0577. The fraction of sp³-hybridized carbons (Fsp3) is 0.647. The van der Waals surface area contributed by atoms with Crippen molar-refractivity contribution in [2.24, 2.45) is 0 Å². The fourth-order valence-corrected chi connectivity index (χ4v) is 3.46. The molecule has 6 nitrogen and oxygen atoms in total. The van der Waals surface area contributed by atoms with Crippen LogP contribution in [0.5, 0.6) is 0 Å². The van der Waals surface area contributed by atoms with E-state index in [0.29, 0.717) is 18.6 Å². The topological polar surface area (TPSA) is 57.7 Å². The van der Waals surface area contributed by atoms with Crippen molar-refractivity contribution in [3.05, 3.63) is 30.1 Å². The van der Waals surface area contributed by atoms with Crippen molar-refractivity contribution in [3.8, 4) is 0 Å². The van der Waals surface area contributed by atoms with E-state index in [1.165, 1.54) is 5.56 Å². The average molecular weight is 318 g/mol. The first-order valence-electron chi connectivity index (χ1n) is 8.49. The van der Waals surface area contributed by atoms with E-state index in [-0.39, 0.29) is 6.03 Å². The number of hydrogen-bond acceptors (Lipinski definition) is 4. The second-order valence-electron chi connectivity index (χ2n) is 6.38. The van der Waals surface area contributed by atoms with Crippen LogP contribution in [-0.4, -0.2) is 72.3 Å². The van der Waals surface area contributed by atoms with E-state index in [9.17, 15) is 4.79 Å². The first-order chi connectivity index (χ1) is 11.2. The van der Waals surface area contributed by atoms with Gasteiger partial charge in [-0.1, -0.05) is 0 Å². The number of ether oxygens (including phenoxy) is 1. The smallest absolute Gasteiger partial charge is 0.317 e. The lowest BCUT2D eigenvalue weighted by Gasteiger charge is -2.32. The van der Waals surface area contributed by atoms with Crippen molar-refractivity contribution in [2.75, 3.05) is 39.4 Å². The Morgan fingerprint density at radius 1 is 1.35 bits per heavy atom. The van der Waals surface area contributed by atoms with Gasteiger partial charge in [-0.3, -0.25) is 9.88 Å². The van der Waals surface area contributed by atoms with Crippen molar-refractivity contribution >= 4 is 6.03 Å². The number of aromatic nitrogens is 1. The van der Waals surface area contributed by atoms with Gasteiger partial charge in [-0.2, -0.15) is 0 Å². The summed E-state index contributed by atoms with van der Waals surface area (Å²) in [4.78, 5) is 20.9. The van der Waals surface area contributed by atoms with E-state index < -0.39 is 0 Å². The first-order valence-corrected chi connectivity index (χ1v) is 8.49. The Balaban J connectivity index is 1.45. The molecule has 0 aromatic carbocycles. The monoisotopic (exact) mass is 318 g/mol. The molecule has 6 heteroatoms. The Labute approximate surface area is 137 Å². The van der Waals surface area contributed by atoms with Gasteiger partial charge in [-0.05, 0) is 37.5 Å². The van der Waals surface area contributed by atoms with Crippen molar-refractivity contribution in [2.45, 2.75) is 31.8 Å². The summed E-state index contributed by atoms with van der Waals surface area (Å²) in [6.07, 6.45) is 5.46. The molecule has 1 N–H and O–H groups in total. The largest absolute Gasteiger partial charge is 0.379 e. The molecule has 0 bridgehead atoms. The standard InChI is InChI=1S/C17H26N4O2/c1-14-12-16(20-8-10-23-11-9-20)13-21(14)17(22)19-7-4-15-2-5-18-6-3-15/h2-3,5-6,14,16H,4,7-13H2,1H3,(H,19,22). The number of carbonyl (C=O) groups excluding carboxylic acids is 1. The zero-order chi connectivity index (χ0) is 16.1. The number of amides is 2. The van der Waals surface area contributed by atoms with Gasteiger partial charge >= 0.3 is 6.03 Å². The number of nitrogens with one attached hydrogen (secondary N) is 1. The van der Waals surface area contributed by atoms with E-state index in [1.807, 2.05) is 17.0 Å². The van der Waals surface area contributed by atoms with Crippen LogP contribution < -0.4 is 5.32 Å². The van der Waals surface area contributed by atoms with Crippen LogP contribution >= 0.6 is 0 Å². The molecular formula is C17H26N4O2. The van der Waals surface area contributed by atoms with E-state index in [2.05, 4.69) is 22.1 Å². The molecule has 1 aromatic heterocycles. The molecule has 2 atom stereocenters. The maximum atomic E-state index is 12.4. The van der Waals surface area contributed by atoms with Gasteiger partial charge in [0.1, 0.15) is 0 Å². The molecule has 2 aliphatic rings. The normalized spacial score (nSPS) is 25.5. The Hall–Kier alpha value is -1.66. The predicted molar refractivity (Wildman–Crippen MR) is 88.3 cm³/mol. The Bertz CT molecular complexity index is 505. The van der Waals surface area contributed by atoms with Gasteiger partial charge < -0.3 is 15.0 Å². The predicted octanol–water partition coefficient (Wildman–Crippen LogP) is 1.13. The maximum absolute atomic E-state index is 12.4. The number of nitrogens with zero attached hydrogens (tertiary/aromatic N) is 3. The Morgan fingerprint density at radius 2 is 2.09 bits per heavy atom. The number of urea groups is 1. The molecule has 23 heavy (non-hydrogen) atoms. The minimum absolute atomic E-state index is 0.0577. The van der Waals surface area contributed by atoms with Crippen LogP contribution in [0.15, 0.2) is 24.5 Å². The van der Waals surface area contributed by atoms with Crippen LogP contribution in [0.1, 0.15) is 18.9 Å². The van der Waals surface area contributed by atoms with Crippen molar-refractivity contribution < 1.29 is 9.53 Å². The molecule has 3 rings (SSSR count). The molecule has 1 aromatic rings. The maximum Gasteiger partial charge on any atom is 0.317 e. The highest BCUT2D eigenvalue weighted by Crippen LogP contribution is 2.22. The van der Waals surface area contributed by atoms with E-state index in [4.69, 9.17) is 4.74 Å². The zero-order valence-corrected chi connectivity index (χ0v) is 13.8. The van der Waals surface area contributed by atoms with Crippen LogP contribution in [0.4, 0.5) is 4.79 Å². The van der Waals surface area contributed by atoms with Crippen molar-refractivity contribution in [3.63, 3.8) is 0 Å². The quantitative estimate of drug-likeness (QED) is 0.904. The number of rotatable bonds is 4. The molecule has 3 heterocycles. The lowest BCUT2D eigenvalue weighted by Crippen LogP contribution is -2.47. The van der Waals surface area contributed by atoms with Gasteiger partial charge in [0, 0.05) is 50.7 Å². The molecule has 0 saturated carbocycles. The summed E-state index contributed by atoms with van der Waals surface area (Å²) in [7, 11) is 0. The Morgan fingerprint density at radius 3 is 2.83 bits per heavy atom. The highest BCUT2D eigenvalue weighted by molar-refractivity contribution is 5.75. The summed E-state index contributed by atoms with van der Waals surface area (Å²) < 4.78 is 5.42. The SMILES string of the molecule is CC1CC(N2CCOCC2)CN1C(=O)NCCc1ccncc1. The summed E-state index contributed by atoms with van der Waals surface area (Å²) in [6, 6.07) is 4.80. The number of likely N-dealkylation sites (tertiary alicyclic amines) is 1. The summed E-state index contributed by atoms with van der Waals surface area (Å²) in [5, 5.41) is 3.05. The lowest BCUT2D eigenvalue weighted by molar-refractivity contribution is 0.0190. The molecule has 2 fully saturated rings. The van der Waals surface area contributed by atoms with Crippen LogP contribution in [0.3, 0.4) is 0 Å². The summed E-state index contributed by atoms with van der Waals surface area (Å²) in [6.45, 7) is 7.20. The van der Waals surface area contributed by atoms with Crippen LogP contribution in [0.25, 0.3) is 0 Å². The molecule has 2 amide bonds. The highest BCUT2D eigenvalue weighted by atomic mass is 16.5. The van der Waals surface area contributed by atoms with Gasteiger partial charge in [0.25, 0.3) is 0 Å². The molecule has 0 spiro atoms. The molecular weight excluding hydrogens is 292 g/mol. The fourth-order valence-electron chi connectivity index (χ4n) is 3.46. The first kappa shape index (κ1) is 16.2. The number of morpholine rings is 1. The van der Waals surface area contributed by atoms with Gasteiger partial charge in [0.2, 0.25) is 0 Å². The summed E-state index contributed by atoms with van der Waals surface area (Å²) >= 11 is 0. The van der Waals surface area contributed by atoms with Crippen LogP contribution in [0.2, 0.25) is 0 Å². The van der Waals surface area contributed by atoms with Crippen molar-refractivity contribution in [1.82, 2.24) is 20.1 Å². The highest BCUT2D eigenvalue weighted by Gasteiger charge is 2.35. The molecule has 126 valence electrons. The summed E-state index contributed by atoms with van der Waals surface area (Å²) in [5.41, 5.74) is 1.20. The molecule has 2 unspecified atom stereocenters. The van der Waals surface area contributed by atoms with Gasteiger partial charge in [0.05, 0.1) is 13.2 Å². The molecule has 2 saturated heterocycles. The third kappa shape index (κ3) is 4.20. The van der Waals surface area contributed by atoms with Crippen molar-refractivity contribution in [1.29, 1.82) is 0 Å². The minimum Gasteiger partial charge on any atom is -0.379 e. The third-order valence-electron chi connectivity index (χ3n) is 4.81. The second kappa shape index (κ2) is 7.75. The number of pyridine rings is 1. The summed E-state index contributed by atoms with van der Waals surface area (Å²) in [5.74, 6) is 0. The second-order valence-corrected chi connectivity index (χ2v) is 6.38. The average Bonchev–Trinajstić information content (AvgIpc) is 2.98. The molecule has 2 aliphatic heterocycles. The third-order valence-corrected chi connectivity index (χ3v) is 4.81. The molecule has 0 aliphatic carbocycles. The van der Waals surface area contributed by atoms with Gasteiger partial charge in [0.15, 0.2) is 0 Å². The molecule has 0 radical (unpaired) electrons. The van der Waals surface area contributed by atoms with E-state index >= 15 is 0 Å². The Kier molecular flexibility index (Phi) is 5.46. The van der Waals surface area contributed by atoms with Crippen LogP contribution in [-0.2, 0) is 11.2 Å². The van der Waals surface area contributed by atoms with Gasteiger partial charge in [-0.25, -0.2) is 4.79 Å². The van der Waals surface area contributed by atoms with E-state index in [0.717, 1.165) is 45.7 Å².